The summed E-state index contributed by atoms with van der Waals surface area (Å²) in [5, 5.41) is 6.21. The first-order valence-corrected chi connectivity index (χ1v) is 7.60. The monoisotopic (exact) mass is 260 g/mol. The molecule has 0 bridgehead atoms. The standard InChI is InChI=1S/C15H20N2S/c1-9-4-5-10(2)14-12(9)13-11(8-16-3)6-7-18-15(13)17-14/h4-5,11,16-17H,6-8H2,1-3H3. The Morgan fingerprint density at radius 3 is 2.89 bits per heavy atom. The van der Waals surface area contributed by atoms with Gasteiger partial charge in [-0.2, -0.15) is 0 Å². The molecule has 96 valence electrons. The Balaban J connectivity index is 2.27. The van der Waals surface area contributed by atoms with Gasteiger partial charge in [0.1, 0.15) is 0 Å². The summed E-state index contributed by atoms with van der Waals surface area (Å²) in [7, 11) is 2.05. The van der Waals surface area contributed by atoms with E-state index in [2.05, 4.69) is 36.3 Å². The van der Waals surface area contributed by atoms with E-state index in [9.17, 15) is 0 Å². The number of aryl methyl sites for hydroxylation is 2. The van der Waals surface area contributed by atoms with Gasteiger partial charge in [-0.15, -0.1) is 11.8 Å². The van der Waals surface area contributed by atoms with Gasteiger partial charge in [0.05, 0.1) is 5.03 Å². The molecule has 3 heteroatoms. The number of rotatable bonds is 2. The summed E-state index contributed by atoms with van der Waals surface area (Å²) in [6.07, 6.45) is 1.28. The maximum Gasteiger partial charge on any atom is 0.0768 e. The lowest BCUT2D eigenvalue weighted by Gasteiger charge is -2.22. The highest BCUT2D eigenvalue weighted by Gasteiger charge is 2.25. The lowest BCUT2D eigenvalue weighted by Crippen LogP contribution is -2.20. The van der Waals surface area contributed by atoms with Crippen LogP contribution < -0.4 is 5.32 Å². The van der Waals surface area contributed by atoms with E-state index in [1.807, 2.05) is 18.8 Å². The zero-order valence-corrected chi connectivity index (χ0v) is 12.1. The van der Waals surface area contributed by atoms with Crippen LogP contribution in [0.4, 0.5) is 0 Å². The van der Waals surface area contributed by atoms with Crippen molar-refractivity contribution in [1.29, 1.82) is 0 Å². The molecule has 1 atom stereocenters. The maximum absolute atomic E-state index is 3.65. The number of nitrogens with one attached hydrogen (secondary N) is 2. The fourth-order valence-corrected chi connectivity index (χ4v) is 4.22. The third-order valence-electron chi connectivity index (χ3n) is 3.95. The summed E-state index contributed by atoms with van der Waals surface area (Å²) in [5.41, 5.74) is 5.65. The van der Waals surface area contributed by atoms with Gasteiger partial charge in [-0.25, -0.2) is 0 Å². The van der Waals surface area contributed by atoms with Crippen LogP contribution in [0.25, 0.3) is 10.9 Å². The molecule has 0 saturated heterocycles. The second-order valence-electron chi connectivity index (χ2n) is 5.21. The highest BCUT2D eigenvalue weighted by Crippen LogP contribution is 2.43. The zero-order chi connectivity index (χ0) is 12.7. The Labute approximate surface area is 113 Å². The molecule has 1 aliphatic heterocycles. The summed E-state index contributed by atoms with van der Waals surface area (Å²) in [6.45, 7) is 5.50. The van der Waals surface area contributed by atoms with E-state index < -0.39 is 0 Å². The van der Waals surface area contributed by atoms with E-state index in [-0.39, 0.29) is 0 Å². The SMILES string of the molecule is CNCC1CCSc2[nH]c3c(C)ccc(C)c3c21. The van der Waals surface area contributed by atoms with Crippen LogP contribution in [0.15, 0.2) is 17.2 Å². The minimum absolute atomic E-state index is 0.653. The average molecular weight is 260 g/mol. The number of likely N-dealkylation sites (N-methyl/N-ethyl adjacent to an activating group) is 1. The molecule has 1 aromatic carbocycles. The van der Waals surface area contributed by atoms with Gasteiger partial charge in [-0.1, -0.05) is 12.1 Å². The fraction of sp³-hybridized carbons (Fsp3) is 0.467. The maximum atomic E-state index is 3.65. The second kappa shape index (κ2) is 4.63. The molecule has 1 aliphatic rings. The minimum atomic E-state index is 0.653. The number of thioether (sulfide) groups is 1. The van der Waals surface area contributed by atoms with Crippen molar-refractivity contribution in [3.05, 3.63) is 28.8 Å². The molecule has 0 fully saturated rings. The number of H-pyrrole nitrogens is 1. The van der Waals surface area contributed by atoms with Gasteiger partial charge in [-0.05, 0) is 44.0 Å². The van der Waals surface area contributed by atoms with Crippen LogP contribution in [0.3, 0.4) is 0 Å². The van der Waals surface area contributed by atoms with E-state index in [1.54, 1.807) is 5.56 Å². The third-order valence-corrected chi connectivity index (χ3v) is 5.00. The lowest BCUT2D eigenvalue weighted by atomic mass is 9.93. The predicted octanol–water partition coefficient (Wildman–Crippen LogP) is 3.58. The molecule has 0 aliphatic carbocycles. The normalized spacial score (nSPS) is 19.2. The van der Waals surface area contributed by atoms with Crippen LogP contribution in [0.2, 0.25) is 0 Å². The second-order valence-corrected chi connectivity index (χ2v) is 6.31. The molecule has 1 aromatic heterocycles. The molecule has 0 radical (unpaired) electrons. The summed E-state index contributed by atoms with van der Waals surface area (Å²) in [4.78, 5) is 3.65. The number of fused-ring (bicyclic) bond motifs is 3. The van der Waals surface area contributed by atoms with Crippen molar-refractivity contribution in [2.45, 2.75) is 31.2 Å². The summed E-state index contributed by atoms with van der Waals surface area (Å²) < 4.78 is 0. The lowest BCUT2D eigenvalue weighted by molar-refractivity contribution is 0.602. The Kier molecular flexibility index (Phi) is 3.12. The molecule has 0 spiro atoms. The molecule has 18 heavy (non-hydrogen) atoms. The first kappa shape index (κ1) is 12.1. The first-order chi connectivity index (χ1) is 8.72. The van der Waals surface area contributed by atoms with Crippen LogP contribution in [-0.2, 0) is 0 Å². The Bertz CT molecular complexity index is 586. The first-order valence-electron chi connectivity index (χ1n) is 6.61. The van der Waals surface area contributed by atoms with Crippen molar-refractivity contribution in [3.8, 4) is 0 Å². The van der Waals surface area contributed by atoms with E-state index in [4.69, 9.17) is 0 Å². The van der Waals surface area contributed by atoms with Crippen molar-refractivity contribution in [2.75, 3.05) is 19.3 Å². The smallest absolute Gasteiger partial charge is 0.0768 e. The quantitative estimate of drug-likeness (QED) is 0.863. The van der Waals surface area contributed by atoms with Crippen molar-refractivity contribution < 1.29 is 0 Å². The van der Waals surface area contributed by atoms with Crippen molar-refractivity contribution in [2.24, 2.45) is 0 Å². The predicted molar refractivity (Wildman–Crippen MR) is 79.8 cm³/mol. The molecular formula is C15H20N2S. The van der Waals surface area contributed by atoms with E-state index in [1.165, 1.54) is 39.2 Å². The molecule has 0 amide bonds. The molecule has 2 nitrogen and oxygen atoms in total. The molecular weight excluding hydrogens is 240 g/mol. The molecule has 0 saturated carbocycles. The van der Waals surface area contributed by atoms with E-state index in [0.29, 0.717) is 5.92 Å². The average Bonchev–Trinajstić information content (AvgIpc) is 2.76. The Morgan fingerprint density at radius 1 is 1.33 bits per heavy atom. The number of hydrogen-bond donors (Lipinski definition) is 2. The number of aromatic nitrogens is 1. The summed E-state index contributed by atoms with van der Waals surface area (Å²) in [5.74, 6) is 1.88. The molecule has 2 heterocycles. The van der Waals surface area contributed by atoms with Gasteiger partial charge in [0.25, 0.3) is 0 Å². The zero-order valence-electron chi connectivity index (χ0n) is 11.3. The van der Waals surface area contributed by atoms with Gasteiger partial charge < -0.3 is 10.3 Å². The molecule has 2 N–H and O–H groups in total. The van der Waals surface area contributed by atoms with Gasteiger partial charge in [0.2, 0.25) is 0 Å². The largest absolute Gasteiger partial charge is 0.349 e. The molecule has 1 unspecified atom stereocenters. The summed E-state index contributed by atoms with van der Waals surface area (Å²) >= 11 is 1.98. The number of benzene rings is 1. The Hall–Kier alpha value is -0.930. The minimum Gasteiger partial charge on any atom is -0.349 e. The van der Waals surface area contributed by atoms with Crippen molar-refractivity contribution in [1.82, 2.24) is 10.3 Å². The molecule has 3 rings (SSSR count). The van der Waals surface area contributed by atoms with Crippen LogP contribution >= 0.6 is 11.8 Å². The van der Waals surface area contributed by atoms with Crippen molar-refractivity contribution in [3.63, 3.8) is 0 Å². The number of aromatic amines is 1. The van der Waals surface area contributed by atoms with Gasteiger partial charge in [-0.3, -0.25) is 0 Å². The highest BCUT2D eigenvalue weighted by atomic mass is 32.2. The Morgan fingerprint density at radius 2 is 2.11 bits per heavy atom. The van der Waals surface area contributed by atoms with Gasteiger partial charge in [0.15, 0.2) is 0 Å². The van der Waals surface area contributed by atoms with Gasteiger partial charge in [0, 0.05) is 29.1 Å². The van der Waals surface area contributed by atoms with E-state index in [0.717, 1.165) is 6.54 Å². The number of hydrogen-bond acceptors (Lipinski definition) is 2. The van der Waals surface area contributed by atoms with Crippen molar-refractivity contribution >= 4 is 22.7 Å². The highest BCUT2D eigenvalue weighted by molar-refractivity contribution is 7.99. The van der Waals surface area contributed by atoms with Crippen LogP contribution in [0.5, 0.6) is 0 Å². The van der Waals surface area contributed by atoms with Gasteiger partial charge >= 0.3 is 0 Å². The topological polar surface area (TPSA) is 27.8 Å². The van der Waals surface area contributed by atoms with Crippen LogP contribution in [0.1, 0.15) is 29.0 Å². The third kappa shape index (κ3) is 1.77. The molecule has 2 aromatic rings. The fourth-order valence-electron chi connectivity index (χ4n) is 3.02. The summed E-state index contributed by atoms with van der Waals surface area (Å²) in [6, 6.07) is 4.47. The van der Waals surface area contributed by atoms with Crippen LogP contribution in [0, 0.1) is 13.8 Å². The van der Waals surface area contributed by atoms with Crippen LogP contribution in [-0.4, -0.2) is 24.3 Å². The van der Waals surface area contributed by atoms with E-state index >= 15 is 0 Å².